The molecule has 3 aromatic rings. The number of carbonyl (C=O) groups excluding carboxylic acids is 1. The molecule has 4 rings (SSSR count). The number of imidazole rings is 1. The van der Waals surface area contributed by atoms with Crippen molar-refractivity contribution in [3.05, 3.63) is 65.5 Å². The van der Waals surface area contributed by atoms with Crippen LogP contribution < -0.4 is 5.73 Å². The van der Waals surface area contributed by atoms with E-state index in [1.54, 1.807) is 7.11 Å². The van der Waals surface area contributed by atoms with Gasteiger partial charge in [-0.15, -0.1) is 0 Å². The first kappa shape index (κ1) is 26.4. The minimum absolute atomic E-state index is 0.131. The number of methoxy groups -OCH3 is 1. The summed E-state index contributed by atoms with van der Waals surface area (Å²) in [4.78, 5) is 20.3. The normalized spacial score (nSPS) is 17.5. The molecule has 6 heteroatoms. The van der Waals surface area contributed by atoms with Crippen LogP contribution in [-0.2, 0) is 27.9 Å². The molecule has 194 valence electrons. The van der Waals surface area contributed by atoms with Crippen molar-refractivity contribution >= 4 is 16.9 Å². The predicted molar refractivity (Wildman–Crippen MR) is 146 cm³/mol. The first-order chi connectivity index (χ1) is 17.3. The standard InChI is InChI=1S/C30H42N4O2/c1-30(2,3)24-14-12-22(13-15-24)19-25(31)20-28(35)33-16-7-9-23(21-33)29-32-26-10-5-6-11-27(26)34(29)17-8-18-36-4/h5-6,10-15,23,25H,7-9,16-21,31H2,1-4H3/t23-,25-/m1/s1. The van der Waals surface area contributed by atoms with Crippen LogP contribution in [0.5, 0.6) is 0 Å². The number of fused-ring (bicyclic) bond motifs is 1. The minimum atomic E-state index is -0.183. The number of rotatable bonds is 9. The van der Waals surface area contributed by atoms with Gasteiger partial charge in [-0.1, -0.05) is 57.2 Å². The Morgan fingerprint density at radius 1 is 1.17 bits per heavy atom. The van der Waals surface area contributed by atoms with Crippen molar-refractivity contribution in [2.75, 3.05) is 26.8 Å². The molecule has 6 nitrogen and oxygen atoms in total. The molecule has 0 radical (unpaired) electrons. The van der Waals surface area contributed by atoms with Crippen molar-refractivity contribution in [2.24, 2.45) is 5.73 Å². The van der Waals surface area contributed by atoms with Gasteiger partial charge in [0.1, 0.15) is 5.82 Å². The molecular weight excluding hydrogens is 448 g/mol. The number of piperidine rings is 1. The summed E-state index contributed by atoms with van der Waals surface area (Å²) in [5, 5.41) is 0. The number of nitrogens with zero attached hydrogens (tertiary/aromatic N) is 3. The summed E-state index contributed by atoms with van der Waals surface area (Å²) in [7, 11) is 1.74. The van der Waals surface area contributed by atoms with E-state index >= 15 is 0 Å². The van der Waals surface area contributed by atoms with Crippen LogP contribution in [0.2, 0.25) is 0 Å². The summed E-state index contributed by atoms with van der Waals surface area (Å²) in [5.41, 5.74) is 11.3. The molecule has 1 saturated heterocycles. The predicted octanol–water partition coefficient (Wildman–Crippen LogP) is 5.04. The fraction of sp³-hybridized carbons (Fsp3) is 0.533. The van der Waals surface area contributed by atoms with Gasteiger partial charge in [-0.3, -0.25) is 4.79 Å². The number of amides is 1. The average molecular weight is 491 g/mol. The van der Waals surface area contributed by atoms with Crippen molar-refractivity contribution in [1.82, 2.24) is 14.5 Å². The van der Waals surface area contributed by atoms with Crippen molar-refractivity contribution in [3.63, 3.8) is 0 Å². The lowest BCUT2D eigenvalue weighted by molar-refractivity contribution is -0.132. The Bertz CT molecular complexity index is 1150. The van der Waals surface area contributed by atoms with E-state index in [1.165, 1.54) is 11.1 Å². The van der Waals surface area contributed by atoms with Crippen molar-refractivity contribution in [2.45, 2.75) is 76.8 Å². The van der Waals surface area contributed by atoms with Crippen molar-refractivity contribution < 1.29 is 9.53 Å². The Kier molecular flexibility index (Phi) is 8.47. The Hall–Kier alpha value is -2.70. The van der Waals surface area contributed by atoms with E-state index in [9.17, 15) is 4.79 Å². The summed E-state index contributed by atoms with van der Waals surface area (Å²) in [6.07, 6.45) is 4.05. The maximum absolute atomic E-state index is 13.2. The zero-order valence-corrected chi connectivity index (χ0v) is 22.4. The number of para-hydroxylation sites is 2. The molecule has 1 amide bonds. The van der Waals surface area contributed by atoms with Crippen LogP contribution in [0, 0.1) is 0 Å². The summed E-state index contributed by atoms with van der Waals surface area (Å²) in [6, 6.07) is 16.8. The molecule has 1 fully saturated rings. The highest BCUT2D eigenvalue weighted by Crippen LogP contribution is 2.30. The topological polar surface area (TPSA) is 73.4 Å². The third-order valence-electron chi connectivity index (χ3n) is 7.31. The van der Waals surface area contributed by atoms with Gasteiger partial charge in [0.25, 0.3) is 0 Å². The van der Waals surface area contributed by atoms with Crippen molar-refractivity contribution in [3.8, 4) is 0 Å². The van der Waals surface area contributed by atoms with E-state index < -0.39 is 0 Å². The van der Waals surface area contributed by atoms with Crippen LogP contribution in [0.3, 0.4) is 0 Å². The minimum Gasteiger partial charge on any atom is -0.385 e. The molecule has 0 bridgehead atoms. The number of nitrogens with two attached hydrogens (primary N) is 1. The number of hydrogen-bond acceptors (Lipinski definition) is 4. The van der Waals surface area contributed by atoms with E-state index in [2.05, 4.69) is 67.8 Å². The molecule has 1 aromatic heterocycles. The van der Waals surface area contributed by atoms with Gasteiger partial charge in [-0.25, -0.2) is 4.98 Å². The number of carbonyl (C=O) groups is 1. The number of likely N-dealkylation sites (tertiary alicyclic amines) is 1. The lowest BCUT2D eigenvalue weighted by Gasteiger charge is -2.33. The smallest absolute Gasteiger partial charge is 0.224 e. The third-order valence-corrected chi connectivity index (χ3v) is 7.31. The van der Waals surface area contributed by atoms with E-state index in [1.807, 2.05) is 11.0 Å². The molecule has 1 aliphatic heterocycles. The summed E-state index contributed by atoms with van der Waals surface area (Å²) in [6.45, 7) is 9.74. The molecule has 2 atom stereocenters. The monoisotopic (exact) mass is 490 g/mol. The number of aryl methyl sites for hydroxylation is 1. The fourth-order valence-electron chi connectivity index (χ4n) is 5.29. The molecule has 36 heavy (non-hydrogen) atoms. The molecule has 0 unspecified atom stereocenters. The second-order valence-electron chi connectivity index (χ2n) is 11.3. The highest BCUT2D eigenvalue weighted by Gasteiger charge is 2.29. The van der Waals surface area contributed by atoms with E-state index in [0.29, 0.717) is 19.4 Å². The number of aromatic nitrogens is 2. The molecule has 2 aromatic carbocycles. The van der Waals surface area contributed by atoms with E-state index in [0.717, 1.165) is 55.8 Å². The molecule has 0 spiro atoms. The van der Waals surface area contributed by atoms with Crippen molar-refractivity contribution in [1.29, 1.82) is 0 Å². The Morgan fingerprint density at radius 3 is 2.64 bits per heavy atom. The highest BCUT2D eigenvalue weighted by molar-refractivity contribution is 5.77. The Labute approximate surface area is 215 Å². The largest absolute Gasteiger partial charge is 0.385 e. The fourth-order valence-corrected chi connectivity index (χ4v) is 5.29. The van der Waals surface area contributed by atoms with E-state index in [4.69, 9.17) is 15.5 Å². The average Bonchev–Trinajstić information content (AvgIpc) is 3.23. The highest BCUT2D eigenvalue weighted by atomic mass is 16.5. The molecule has 2 heterocycles. The molecule has 2 N–H and O–H groups in total. The van der Waals surface area contributed by atoms with Crippen LogP contribution in [0.15, 0.2) is 48.5 Å². The molecule has 0 saturated carbocycles. The van der Waals surface area contributed by atoms with Crippen LogP contribution in [-0.4, -0.2) is 53.2 Å². The van der Waals surface area contributed by atoms with Gasteiger partial charge in [-0.05, 0) is 54.4 Å². The lowest BCUT2D eigenvalue weighted by atomic mass is 9.86. The maximum atomic E-state index is 13.2. The number of benzene rings is 2. The second kappa shape index (κ2) is 11.6. The number of hydrogen-bond donors (Lipinski definition) is 1. The zero-order chi connectivity index (χ0) is 25.7. The SMILES string of the molecule is COCCCn1c([C@@H]2CCCN(C(=O)C[C@H](N)Cc3ccc(C(C)(C)C)cc3)C2)nc2ccccc21. The Morgan fingerprint density at radius 2 is 1.92 bits per heavy atom. The van der Waals surface area contributed by atoms with Gasteiger partial charge in [0.05, 0.1) is 11.0 Å². The Balaban J connectivity index is 1.40. The van der Waals surface area contributed by atoms with Gasteiger partial charge in [0.15, 0.2) is 0 Å². The first-order valence-electron chi connectivity index (χ1n) is 13.3. The zero-order valence-electron chi connectivity index (χ0n) is 22.4. The van der Waals surface area contributed by atoms with Gasteiger partial charge >= 0.3 is 0 Å². The van der Waals surface area contributed by atoms with Crippen LogP contribution in [0.4, 0.5) is 0 Å². The molecule has 1 aliphatic rings. The van der Waals surface area contributed by atoms with Gasteiger partial charge in [-0.2, -0.15) is 0 Å². The summed E-state index contributed by atoms with van der Waals surface area (Å²) in [5.74, 6) is 1.48. The quantitative estimate of drug-likeness (QED) is 0.427. The number of ether oxygens (including phenoxy) is 1. The van der Waals surface area contributed by atoms with Gasteiger partial charge in [0, 0.05) is 51.7 Å². The van der Waals surface area contributed by atoms with Crippen LogP contribution in [0.25, 0.3) is 11.0 Å². The third kappa shape index (κ3) is 6.34. The lowest BCUT2D eigenvalue weighted by Crippen LogP contribution is -2.42. The maximum Gasteiger partial charge on any atom is 0.224 e. The van der Waals surface area contributed by atoms with E-state index in [-0.39, 0.29) is 23.3 Å². The second-order valence-corrected chi connectivity index (χ2v) is 11.3. The summed E-state index contributed by atoms with van der Waals surface area (Å²) >= 11 is 0. The van der Waals surface area contributed by atoms with Crippen LogP contribution in [0.1, 0.15) is 69.3 Å². The molecule has 0 aliphatic carbocycles. The van der Waals surface area contributed by atoms with Gasteiger partial charge in [0.2, 0.25) is 5.91 Å². The van der Waals surface area contributed by atoms with Gasteiger partial charge < -0.3 is 19.9 Å². The molecular formula is C30H42N4O2. The van der Waals surface area contributed by atoms with Crippen LogP contribution >= 0.6 is 0 Å². The first-order valence-corrected chi connectivity index (χ1v) is 13.3. The summed E-state index contributed by atoms with van der Waals surface area (Å²) < 4.78 is 7.62.